The molecule has 0 bridgehead atoms. The first-order valence-corrected chi connectivity index (χ1v) is 10.0. The van der Waals surface area contributed by atoms with Crippen molar-refractivity contribution in [3.63, 3.8) is 0 Å². The lowest BCUT2D eigenvalue weighted by Gasteiger charge is -2.08. The van der Waals surface area contributed by atoms with E-state index < -0.39 is 0 Å². The smallest absolute Gasteiger partial charge is 0.167 e. The molecule has 0 atom stereocenters. The minimum atomic E-state index is -0.220. The molecule has 3 rings (SSSR count). The Kier molecular flexibility index (Phi) is 5.41. The summed E-state index contributed by atoms with van der Waals surface area (Å²) >= 11 is 4.67. The Hall–Kier alpha value is -0.600. The third kappa shape index (κ3) is 3.83. The highest BCUT2D eigenvalue weighted by Gasteiger charge is 2.29. The van der Waals surface area contributed by atoms with Crippen LogP contribution >= 0.6 is 45.2 Å². The summed E-state index contributed by atoms with van der Waals surface area (Å²) in [4.78, 5) is 3.63. The fourth-order valence-corrected chi connectivity index (χ4v) is 5.82. The second kappa shape index (κ2) is 7.31. The summed E-state index contributed by atoms with van der Waals surface area (Å²) in [6, 6.07) is 23.9. The van der Waals surface area contributed by atoms with Gasteiger partial charge in [-0.15, -0.1) is 0 Å². The summed E-state index contributed by atoms with van der Waals surface area (Å²) in [6.07, 6.45) is 0. The Balaban J connectivity index is 2.15. The number of hydrogen-bond donors (Lipinski definition) is 0. The van der Waals surface area contributed by atoms with Crippen LogP contribution in [0.1, 0.15) is 0 Å². The zero-order valence-electron chi connectivity index (χ0n) is 11.5. The molecule has 0 aliphatic heterocycles. The van der Waals surface area contributed by atoms with Crippen LogP contribution in [0.25, 0.3) is 0 Å². The van der Waals surface area contributed by atoms with E-state index >= 15 is 0 Å². The van der Waals surface area contributed by atoms with Crippen LogP contribution in [0.2, 0.25) is 0 Å². The Bertz CT molecular complexity index is 742. The second-order valence-corrected chi connectivity index (χ2v) is 9.19. The molecule has 0 saturated carbocycles. The highest BCUT2D eigenvalue weighted by molar-refractivity contribution is 14.1. The zero-order valence-corrected chi connectivity index (χ0v) is 16.6. The van der Waals surface area contributed by atoms with Gasteiger partial charge < -0.3 is 0 Å². The van der Waals surface area contributed by atoms with E-state index in [0.29, 0.717) is 0 Å². The molecular formula is C18H12FI2S+. The maximum atomic E-state index is 13.3. The van der Waals surface area contributed by atoms with Crippen LogP contribution in [0, 0.1) is 13.0 Å². The largest absolute Gasteiger partial charge is 0.207 e. The Morgan fingerprint density at radius 1 is 0.636 bits per heavy atom. The molecule has 0 spiro atoms. The molecule has 0 radical (unpaired) electrons. The van der Waals surface area contributed by atoms with Crippen molar-refractivity contribution in [2.45, 2.75) is 14.7 Å². The minimum absolute atomic E-state index is 0.197. The first-order valence-electron chi connectivity index (χ1n) is 6.64. The molecule has 0 heterocycles. The van der Waals surface area contributed by atoms with Crippen molar-refractivity contribution in [2.24, 2.45) is 0 Å². The van der Waals surface area contributed by atoms with Gasteiger partial charge in [-0.3, -0.25) is 0 Å². The number of hydrogen-bond acceptors (Lipinski definition) is 0. The number of benzene rings is 3. The first-order chi connectivity index (χ1) is 10.6. The van der Waals surface area contributed by atoms with Crippen LogP contribution in [-0.2, 0) is 10.9 Å². The fourth-order valence-electron chi connectivity index (χ4n) is 2.17. The molecule has 22 heavy (non-hydrogen) atoms. The van der Waals surface area contributed by atoms with Gasteiger partial charge in [0, 0.05) is 19.3 Å². The zero-order chi connectivity index (χ0) is 15.5. The lowest BCUT2D eigenvalue weighted by molar-refractivity contribution is 0.626. The molecule has 0 unspecified atom stereocenters. The molecular weight excluding hydrogens is 521 g/mol. The van der Waals surface area contributed by atoms with Crippen molar-refractivity contribution < 1.29 is 4.39 Å². The van der Waals surface area contributed by atoms with Gasteiger partial charge in [-0.25, -0.2) is 4.39 Å². The van der Waals surface area contributed by atoms with E-state index in [0.717, 1.165) is 4.90 Å². The standard InChI is InChI=1S/C18H12FI2S/c19-13-7-9-16(10-8-13)22(17-5-1-3-14(20)11-17)18-6-2-4-15(21)12-18/h1-12H/q+1. The van der Waals surface area contributed by atoms with E-state index in [2.05, 4.69) is 93.7 Å². The molecule has 0 nitrogen and oxygen atoms in total. The van der Waals surface area contributed by atoms with Gasteiger partial charge in [-0.2, -0.15) is 0 Å². The van der Waals surface area contributed by atoms with Crippen LogP contribution in [0.5, 0.6) is 0 Å². The molecule has 4 heteroatoms. The topological polar surface area (TPSA) is 0 Å². The summed E-state index contributed by atoms with van der Waals surface area (Å²) in [5.74, 6) is -0.197. The van der Waals surface area contributed by atoms with Gasteiger partial charge >= 0.3 is 0 Å². The maximum absolute atomic E-state index is 13.3. The lowest BCUT2D eigenvalue weighted by atomic mass is 10.3. The second-order valence-electron chi connectivity index (χ2n) is 4.67. The third-order valence-corrected chi connectivity index (χ3v) is 6.65. The molecule has 0 saturated heterocycles. The summed E-state index contributed by atoms with van der Waals surface area (Å²) in [5.41, 5.74) is 0. The fraction of sp³-hybridized carbons (Fsp3) is 0. The van der Waals surface area contributed by atoms with Crippen molar-refractivity contribution in [3.8, 4) is 0 Å². The Morgan fingerprint density at radius 3 is 1.59 bits per heavy atom. The summed E-state index contributed by atoms with van der Waals surface area (Å²) in [7, 11) is -0.220. The van der Waals surface area contributed by atoms with Gasteiger partial charge in [0.05, 0.1) is 10.9 Å². The van der Waals surface area contributed by atoms with Crippen molar-refractivity contribution in [1.82, 2.24) is 0 Å². The molecule has 3 aromatic carbocycles. The maximum Gasteiger partial charge on any atom is 0.167 e. The van der Waals surface area contributed by atoms with E-state index in [1.54, 1.807) is 0 Å². The average Bonchev–Trinajstić information content (AvgIpc) is 2.50. The number of rotatable bonds is 3. The van der Waals surface area contributed by atoms with Crippen LogP contribution in [-0.4, -0.2) is 0 Å². The van der Waals surface area contributed by atoms with Crippen molar-refractivity contribution >= 4 is 56.1 Å². The van der Waals surface area contributed by atoms with Gasteiger partial charge in [0.1, 0.15) is 5.82 Å². The van der Waals surface area contributed by atoms with Crippen LogP contribution in [0.15, 0.2) is 87.5 Å². The molecule has 0 amide bonds. The van der Waals surface area contributed by atoms with Gasteiger partial charge in [-0.05, 0) is 93.7 Å². The van der Waals surface area contributed by atoms with Crippen LogP contribution in [0.3, 0.4) is 0 Å². The van der Waals surface area contributed by atoms with Gasteiger partial charge in [0.2, 0.25) is 0 Å². The summed E-state index contributed by atoms with van der Waals surface area (Å²) in [5, 5.41) is 0. The van der Waals surface area contributed by atoms with E-state index in [-0.39, 0.29) is 16.7 Å². The predicted molar refractivity (Wildman–Crippen MR) is 107 cm³/mol. The van der Waals surface area contributed by atoms with Gasteiger partial charge in [0.15, 0.2) is 14.7 Å². The normalized spacial score (nSPS) is 10.9. The molecule has 0 aliphatic carbocycles. The highest BCUT2D eigenvalue weighted by atomic mass is 127. The monoisotopic (exact) mass is 533 g/mol. The summed E-state index contributed by atoms with van der Waals surface area (Å²) in [6.45, 7) is 0. The molecule has 110 valence electrons. The summed E-state index contributed by atoms with van der Waals surface area (Å²) < 4.78 is 15.7. The average molecular weight is 533 g/mol. The highest BCUT2D eigenvalue weighted by Crippen LogP contribution is 2.32. The molecule has 0 aliphatic rings. The Labute approximate surface area is 159 Å². The molecule has 0 aromatic heterocycles. The third-order valence-electron chi connectivity index (χ3n) is 3.11. The first kappa shape index (κ1) is 16.3. The van der Waals surface area contributed by atoms with Crippen LogP contribution < -0.4 is 0 Å². The van der Waals surface area contributed by atoms with Gasteiger partial charge in [-0.1, -0.05) is 12.1 Å². The van der Waals surface area contributed by atoms with Crippen LogP contribution in [0.4, 0.5) is 4.39 Å². The predicted octanol–water partition coefficient (Wildman–Crippen LogP) is 6.13. The van der Waals surface area contributed by atoms with Gasteiger partial charge in [0.25, 0.3) is 0 Å². The molecule has 0 fully saturated rings. The lowest BCUT2D eigenvalue weighted by Crippen LogP contribution is -2.05. The van der Waals surface area contributed by atoms with Crippen molar-refractivity contribution in [1.29, 1.82) is 0 Å². The van der Waals surface area contributed by atoms with Crippen molar-refractivity contribution in [3.05, 3.63) is 85.8 Å². The van der Waals surface area contributed by atoms with E-state index in [1.165, 1.54) is 29.1 Å². The Morgan fingerprint density at radius 2 is 1.14 bits per heavy atom. The molecule has 0 N–H and O–H groups in total. The number of halogens is 3. The van der Waals surface area contributed by atoms with E-state index in [4.69, 9.17) is 0 Å². The SMILES string of the molecule is Fc1ccc([S+](c2cccc(I)c2)c2cccc(I)c2)cc1. The van der Waals surface area contributed by atoms with E-state index in [1.807, 2.05) is 12.1 Å². The van der Waals surface area contributed by atoms with Crippen molar-refractivity contribution in [2.75, 3.05) is 0 Å². The quantitative estimate of drug-likeness (QED) is 0.281. The molecule has 3 aromatic rings. The minimum Gasteiger partial charge on any atom is -0.207 e. The van der Waals surface area contributed by atoms with E-state index in [9.17, 15) is 4.39 Å².